The summed E-state index contributed by atoms with van der Waals surface area (Å²) >= 11 is 0. The predicted molar refractivity (Wildman–Crippen MR) is 68.8 cm³/mol. The Labute approximate surface area is 108 Å². The van der Waals surface area contributed by atoms with Crippen molar-refractivity contribution in [3.8, 4) is 5.75 Å². The highest BCUT2D eigenvalue weighted by atomic mass is 16.5. The quantitative estimate of drug-likeness (QED) is 0.604. The molecule has 0 radical (unpaired) electrons. The molecule has 0 spiro atoms. The minimum atomic E-state index is -0.174. The third-order valence-corrected chi connectivity index (χ3v) is 2.77. The van der Waals surface area contributed by atoms with E-state index in [1.807, 2.05) is 20.8 Å². The Bertz CT molecular complexity index is 425. The van der Waals surface area contributed by atoms with E-state index in [0.717, 1.165) is 10.4 Å². The normalized spacial score (nSPS) is 11.7. The molecule has 0 aliphatic carbocycles. The van der Waals surface area contributed by atoms with Crippen LogP contribution in [0.25, 0.3) is 0 Å². The summed E-state index contributed by atoms with van der Waals surface area (Å²) in [6.45, 7) is 8.37. The first-order valence-corrected chi connectivity index (χ1v) is 5.99. The van der Waals surface area contributed by atoms with Crippen LogP contribution in [0.5, 0.6) is 5.75 Å². The van der Waals surface area contributed by atoms with Gasteiger partial charge in [0.15, 0.2) is 0 Å². The molecular formula is C13H22N2O3. The van der Waals surface area contributed by atoms with Crippen molar-refractivity contribution in [2.45, 2.75) is 39.5 Å². The van der Waals surface area contributed by atoms with Gasteiger partial charge in [0.25, 0.3) is 0 Å². The minimum Gasteiger partial charge on any atom is -0.710 e. The lowest BCUT2D eigenvalue weighted by Gasteiger charge is -2.20. The Kier molecular flexibility index (Phi) is 4.51. The lowest BCUT2D eigenvalue weighted by molar-refractivity contribution is -0.625. The van der Waals surface area contributed by atoms with E-state index in [0.29, 0.717) is 30.3 Å². The van der Waals surface area contributed by atoms with E-state index >= 15 is 0 Å². The van der Waals surface area contributed by atoms with Crippen molar-refractivity contribution in [1.82, 2.24) is 4.98 Å². The molecule has 0 fully saturated rings. The van der Waals surface area contributed by atoms with E-state index in [2.05, 4.69) is 4.98 Å². The molecule has 0 saturated carbocycles. The smallest absolute Gasteiger partial charge is 0.304 e. The molecule has 1 heterocycles. The van der Waals surface area contributed by atoms with Gasteiger partial charge in [0, 0.05) is 19.4 Å². The van der Waals surface area contributed by atoms with Crippen LogP contribution in [0.3, 0.4) is 0 Å². The second-order valence-corrected chi connectivity index (χ2v) is 5.28. The molecule has 0 unspecified atom stereocenters. The van der Waals surface area contributed by atoms with Gasteiger partial charge >= 0.3 is 5.82 Å². The highest BCUT2D eigenvalue weighted by Crippen LogP contribution is 2.30. The average molecular weight is 254 g/mol. The molecule has 1 aromatic heterocycles. The van der Waals surface area contributed by atoms with Gasteiger partial charge in [-0.3, -0.25) is 0 Å². The molecule has 0 saturated heterocycles. The number of hydrogen-bond acceptors (Lipinski definition) is 4. The number of nitrogens with zero attached hydrogens (tertiary/aromatic N) is 2. The Morgan fingerprint density at radius 1 is 1.28 bits per heavy atom. The fraction of sp³-hybridized carbons (Fsp3) is 0.692. The van der Waals surface area contributed by atoms with Crippen LogP contribution in [0.4, 0.5) is 0 Å². The average Bonchev–Trinajstić information content (AvgIpc) is 2.29. The van der Waals surface area contributed by atoms with Crippen molar-refractivity contribution in [3.05, 3.63) is 22.4 Å². The van der Waals surface area contributed by atoms with Gasteiger partial charge in [-0.25, -0.2) is 4.73 Å². The first kappa shape index (κ1) is 14.7. The first-order chi connectivity index (χ1) is 8.32. The number of rotatable bonds is 4. The van der Waals surface area contributed by atoms with Crippen LogP contribution in [0.2, 0.25) is 0 Å². The van der Waals surface area contributed by atoms with Crippen molar-refractivity contribution < 1.29 is 14.2 Å². The van der Waals surface area contributed by atoms with Gasteiger partial charge in [-0.1, -0.05) is 20.8 Å². The van der Waals surface area contributed by atoms with Gasteiger partial charge in [0.2, 0.25) is 11.4 Å². The molecule has 18 heavy (non-hydrogen) atoms. The SMILES string of the molecule is COCCc1nc(C(C)(C)C)c(OC)c(C)[n+]1[O-]. The number of aromatic nitrogens is 2. The highest BCUT2D eigenvalue weighted by molar-refractivity contribution is 5.34. The van der Waals surface area contributed by atoms with Gasteiger partial charge in [-0.2, -0.15) is 0 Å². The molecule has 102 valence electrons. The fourth-order valence-electron chi connectivity index (χ4n) is 1.79. The third-order valence-electron chi connectivity index (χ3n) is 2.77. The monoisotopic (exact) mass is 254 g/mol. The van der Waals surface area contributed by atoms with E-state index in [-0.39, 0.29) is 5.41 Å². The van der Waals surface area contributed by atoms with E-state index in [1.54, 1.807) is 21.1 Å². The Morgan fingerprint density at radius 2 is 1.89 bits per heavy atom. The van der Waals surface area contributed by atoms with Crippen LogP contribution in [-0.2, 0) is 16.6 Å². The van der Waals surface area contributed by atoms with Crippen LogP contribution < -0.4 is 9.47 Å². The molecule has 1 aromatic rings. The van der Waals surface area contributed by atoms with Crippen molar-refractivity contribution in [2.24, 2.45) is 0 Å². The Balaban J connectivity index is 3.36. The molecule has 0 atom stereocenters. The van der Waals surface area contributed by atoms with Gasteiger partial charge in [0.1, 0.15) is 5.69 Å². The van der Waals surface area contributed by atoms with Gasteiger partial charge in [-0.05, 0) is 4.98 Å². The molecule has 0 amide bonds. The van der Waals surface area contributed by atoms with E-state index < -0.39 is 0 Å². The maximum Gasteiger partial charge on any atom is 0.304 e. The molecule has 0 aliphatic rings. The minimum absolute atomic E-state index is 0.174. The summed E-state index contributed by atoms with van der Waals surface area (Å²) in [5.74, 6) is 1.04. The van der Waals surface area contributed by atoms with E-state index in [4.69, 9.17) is 9.47 Å². The summed E-state index contributed by atoms with van der Waals surface area (Å²) in [6, 6.07) is 0. The summed E-state index contributed by atoms with van der Waals surface area (Å²) in [6.07, 6.45) is 0.494. The number of ether oxygens (including phenoxy) is 2. The molecule has 0 aromatic carbocycles. The third kappa shape index (κ3) is 2.90. The van der Waals surface area contributed by atoms with E-state index in [1.165, 1.54) is 0 Å². The Hall–Kier alpha value is -1.36. The Morgan fingerprint density at radius 3 is 2.33 bits per heavy atom. The van der Waals surface area contributed by atoms with Gasteiger partial charge in [0.05, 0.1) is 20.1 Å². The van der Waals surface area contributed by atoms with Gasteiger partial charge in [-0.15, -0.1) is 0 Å². The predicted octanol–water partition coefficient (Wildman–Crippen LogP) is 1.52. The largest absolute Gasteiger partial charge is 0.710 e. The number of methoxy groups -OCH3 is 2. The number of hydrogen-bond donors (Lipinski definition) is 0. The summed E-state index contributed by atoms with van der Waals surface area (Å²) in [7, 11) is 3.17. The zero-order chi connectivity index (χ0) is 13.9. The molecule has 5 nitrogen and oxygen atoms in total. The summed E-state index contributed by atoms with van der Waals surface area (Å²) in [5, 5.41) is 12.1. The summed E-state index contributed by atoms with van der Waals surface area (Å²) < 4.78 is 11.2. The standard InChI is InChI=1S/C13H22N2O3/c1-9-11(18-6)12(13(2,3)4)14-10(15(9)16)7-8-17-5/h7-8H2,1-6H3. The van der Waals surface area contributed by atoms with Crippen molar-refractivity contribution in [3.63, 3.8) is 0 Å². The zero-order valence-corrected chi connectivity index (χ0v) is 12.0. The van der Waals surface area contributed by atoms with Crippen molar-refractivity contribution >= 4 is 0 Å². The second kappa shape index (κ2) is 5.52. The van der Waals surface area contributed by atoms with Gasteiger partial charge < -0.3 is 14.7 Å². The van der Waals surface area contributed by atoms with Crippen LogP contribution in [0.15, 0.2) is 0 Å². The topological polar surface area (TPSA) is 58.3 Å². The molecule has 0 N–H and O–H groups in total. The highest BCUT2D eigenvalue weighted by Gasteiger charge is 2.31. The first-order valence-electron chi connectivity index (χ1n) is 5.99. The van der Waals surface area contributed by atoms with E-state index in [9.17, 15) is 5.21 Å². The van der Waals surface area contributed by atoms with Crippen LogP contribution in [0, 0.1) is 12.1 Å². The zero-order valence-electron chi connectivity index (χ0n) is 12.0. The second-order valence-electron chi connectivity index (χ2n) is 5.28. The van der Waals surface area contributed by atoms with Crippen LogP contribution in [0.1, 0.15) is 38.0 Å². The van der Waals surface area contributed by atoms with Crippen molar-refractivity contribution in [2.75, 3.05) is 20.8 Å². The van der Waals surface area contributed by atoms with Crippen LogP contribution in [-0.4, -0.2) is 25.8 Å². The molecule has 0 bridgehead atoms. The summed E-state index contributed by atoms with van der Waals surface area (Å²) in [4.78, 5) is 4.46. The summed E-state index contributed by atoms with van der Waals surface area (Å²) in [5.41, 5.74) is 1.18. The fourth-order valence-corrected chi connectivity index (χ4v) is 1.79. The maximum atomic E-state index is 12.1. The maximum absolute atomic E-state index is 12.1. The molecule has 0 aliphatic heterocycles. The molecule has 5 heteroatoms. The molecular weight excluding hydrogens is 232 g/mol. The van der Waals surface area contributed by atoms with Crippen LogP contribution >= 0.6 is 0 Å². The van der Waals surface area contributed by atoms with Crippen molar-refractivity contribution in [1.29, 1.82) is 0 Å². The lowest BCUT2D eigenvalue weighted by atomic mass is 9.90. The molecule has 1 rings (SSSR count). The lowest BCUT2D eigenvalue weighted by Crippen LogP contribution is -2.39.